The van der Waals surface area contributed by atoms with Crippen LogP contribution in [0.1, 0.15) is 45.2 Å². The quantitative estimate of drug-likeness (QED) is 0.298. The number of fused-ring (bicyclic) bond motifs is 2. The van der Waals surface area contributed by atoms with Crippen molar-refractivity contribution in [3.8, 4) is 0 Å². The lowest BCUT2D eigenvalue weighted by atomic mass is 10.1. The lowest BCUT2D eigenvalue weighted by molar-refractivity contribution is 0.0935. The van der Waals surface area contributed by atoms with E-state index in [1.807, 2.05) is 37.3 Å². The standard InChI is InChI=1S/C31H27ClN2O4S/c1-21(11-12-22-7-3-2-4-8-22)33-30(35)24-15-18-29-27(19-24)34(20-23-13-16-25(32)17-14-23)31(36)26-9-5-6-10-28(26)39(29,37)38/h2-10,13-19,21H,11-12,20H2,1H3,(H,33,35)/t21-/m1/s1. The summed E-state index contributed by atoms with van der Waals surface area (Å²) >= 11 is 6.04. The Kier molecular flexibility index (Phi) is 7.55. The number of carbonyl (C=O) groups is 2. The van der Waals surface area contributed by atoms with Crippen molar-refractivity contribution in [2.75, 3.05) is 4.90 Å². The molecule has 8 heteroatoms. The third kappa shape index (κ3) is 5.60. The number of benzene rings is 4. The first-order valence-corrected chi connectivity index (χ1v) is 14.5. The van der Waals surface area contributed by atoms with Crippen molar-refractivity contribution in [2.45, 2.75) is 42.1 Å². The van der Waals surface area contributed by atoms with Crippen LogP contribution >= 0.6 is 11.6 Å². The van der Waals surface area contributed by atoms with Gasteiger partial charge in [0.1, 0.15) is 0 Å². The molecule has 0 fully saturated rings. The molecule has 4 aromatic rings. The second kappa shape index (κ2) is 11.0. The molecule has 0 spiro atoms. The molecule has 1 aliphatic rings. The number of hydrogen-bond donors (Lipinski definition) is 1. The molecule has 1 heterocycles. The number of carbonyl (C=O) groups excluding carboxylic acids is 2. The second-order valence-corrected chi connectivity index (χ2v) is 11.9. The molecule has 2 amide bonds. The van der Waals surface area contributed by atoms with E-state index in [0.29, 0.717) is 5.02 Å². The molecular weight excluding hydrogens is 532 g/mol. The second-order valence-electron chi connectivity index (χ2n) is 9.60. The van der Waals surface area contributed by atoms with Crippen molar-refractivity contribution in [3.05, 3.63) is 124 Å². The minimum Gasteiger partial charge on any atom is -0.350 e. The van der Waals surface area contributed by atoms with Crippen molar-refractivity contribution in [1.29, 1.82) is 0 Å². The zero-order valence-electron chi connectivity index (χ0n) is 21.3. The number of hydrogen-bond acceptors (Lipinski definition) is 4. The highest BCUT2D eigenvalue weighted by molar-refractivity contribution is 7.91. The summed E-state index contributed by atoms with van der Waals surface area (Å²) in [6.45, 7) is 2.03. The van der Waals surface area contributed by atoms with E-state index >= 15 is 0 Å². The Hall–Kier alpha value is -3.94. The van der Waals surface area contributed by atoms with Crippen LogP contribution in [0.15, 0.2) is 107 Å². The van der Waals surface area contributed by atoms with Crippen LogP contribution in [-0.2, 0) is 22.8 Å². The molecule has 0 saturated carbocycles. The Bertz CT molecular complexity index is 1640. The Morgan fingerprint density at radius 1 is 0.872 bits per heavy atom. The summed E-state index contributed by atoms with van der Waals surface area (Å²) in [6.07, 6.45) is 1.55. The Morgan fingerprint density at radius 3 is 2.31 bits per heavy atom. The smallest absolute Gasteiger partial charge is 0.259 e. The predicted molar refractivity (Wildman–Crippen MR) is 152 cm³/mol. The SMILES string of the molecule is C[C@H](CCc1ccccc1)NC(=O)c1ccc2c(c1)N(Cc1ccc(Cl)cc1)C(=O)c1ccccc1S2(=O)=O. The number of nitrogens with zero attached hydrogens (tertiary/aromatic N) is 1. The van der Waals surface area contributed by atoms with Gasteiger partial charge in [-0.15, -0.1) is 0 Å². The van der Waals surface area contributed by atoms with Gasteiger partial charge >= 0.3 is 0 Å². The van der Waals surface area contributed by atoms with E-state index in [9.17, 15) is 18.0 Å². The van der Waals surface area contributed by atoms with Crippen LogP contribution < -0.4 is 10.2 Å². The summed E-state index contributed by atoms with van der Waals surface area (Å²) in [7, 11) is -4.02. The first-order chi connectivity index (χ1) is 18.7. The average Bonchev–Trinajstić information content (AvgIpc) is 3.01. The molecule has 0 aromatic heterocycles. The molecule has 0 bridgehead atoms. The fourth-order valence-electron chi connectivity index (χ4n) is 4.68. The minimum absolute atomic E-state index is 0.0246. The van der Waals surface area contributed by atoms with Crippen LogP contribution in [0.25, 0.3) is 0 Å². The van der Waals surface area contributed by atoms with Gasteiger partial charge in [-0.1, -0.05) is 66.2 Å². The molecular formula is C31H27ClN2O4S. The summed E-state index contributed by atoms with van der Waals surface area (Å²) in [5.41, 5.74) is 2.47. The van der Waals surface area contributed by atoms with Crippen molar-refractivity contribution in [1.82, 2.24) is 5.32 Å². The largest absolute Gasteiger partial charge is 0.350 e. The molecule has 1 N–H and O–H groups in total. The molecule has 4 aromatic carbocycles. The molecule has 0 aliphatic carbocycles. The number of nitrogens with one attached hydrogen (secondary N) is 1. The predicted octanol–water partition coefficient (Wildman–Crippen LogP) is 6.08. The van der Waals surface area contributed by atoms with E-state index < -0.39 is 15.7 Å². The summed E-state index contributed by atoms with van der Waals surface area (Å²) < 4.78 is 27.4. The number of halogens is 1. The number of anilines is 1. The number of amides is 2. The number of rotatable bonds is 7. The van der Waals surface area contributed by atoms with E-state index in [4.69, 9.17) is 11.6 Å². The number of aryl methyl sites for hydroxylation is 1. The van der Waals surface area contributed by atoms with Gasteiger partial charge in [0.15, 0.2) is 0 Å². The summed E-state index contributed by atoms with van der Waals surface area (Å²) in [5, 5.41) is 3.55. The van der Waals surface area contributed by atoms with E-state index in [-0.39, 0.29) is 45.1 Å². The molecule has 0 radical (unpaired) electrons. The van der Waals surface area contributed by atoms with Crippen LogP contribution in [0.4, 0.5) is 5.69 Å². The fourth-order valence-corrected chi connectivity index (χ4v) is 6.44. The monoisotopic (exact) mass is 558 g/mol. The maximum absolute atomic E-state index is 13.8. The van der Waals surface area contributed by atoms with E-state index in [1.165, 1.54) is 40.8 Å². The van der Waals surface area contributed by atoms with Gasteiger partial charge in [-0.3, -0.25) is 9.59 Å². The van der Waals surface area contributed by atoms with Gasteiger partial charge in [0, 0.05) is 16.6 Å². The molecule has 1 aliphatic heterocycles. The normalized spacial score (nSPS) is 14.6. The van der Waals surface area contributed by atoms with Gasteiger partial charge in [-0.2, -0.15) is 0 Å². The van der Waals surface area contributed by atoms with Gasteiger partial charge in [-0.25, -0.2) is 8.42 Å². The van der Waals surface area contributed by atoms with Gasteiger partial charge in [0.25, 0.3) is 11.8 Å². The Morgan fingerprint density at radius 2 is 1.56 bits per heavy atom. The van der Waals surface area contributed by atoms with E-state index in [1.54, 1.807) is 36.4 Å². The van der Waals surface area contributed by atoms with Gasteiger partial charge in [0.05, 0.1) is 27.6 Å². The molecule has 198 valence electrons. The van der Waals surface area contributed by atoms with E-state index in [2.05, 4.69) is 5.32 Å². The summed E-state index contributed by atoms with van der Waals surface area (Å²) in [4.78, 5) is 28.3. The highest BCUT2D eigenvalue weighted by Gasteiger charge is 2.36. The third-order valence-corrected chi connectivity index (χ3v) is 8.91. The van der Waals surface area contributed by atoms with Crippen molar-refractivity contribution < 1.29 is 18.0 Å². The molecule has 39 heavy (non-hydrogen) atoms. The summed E-state index contributed by atoms with van der Waals surface area (Å²) in [5.74, 6) is -0.798. The Balaban J connectivity index is 1.49. The zero-order valence-corrected chi connectivity index (χ0v) is 22.9. The molecule has 1 atom stereocenters. The third-order valence-electron chi connectivity index (χ3n) is 6.79. The zero-order chi connectivity index (χ0) is 27.6. The maximum Gasteiger partial charge on any atom is 0.259 e. The molecule has 0 unspecified atom stereocenters. The highest BCUT2D eigenvalue weighted by Crippen LogP contribution is 2.38. The molecule has 6 nitrogen and oxygen atoms in total. The van der Waals surface area contributed by atoms with Crippen LogP contribution in [0.3, 0.4) is 0 Å². The number of sulfone groups is 1. The van der Waals surface area contributed by atoms with Gasteiger partial charge in [-0.05, 0) is 73.4 Å². The van der Waals surface area contributed by atoms with Crippen LogP contribution in [0, 0.1) is 0 Å². The topological polar surface area (TPSA) is 83.6 Å². The first-order valence-electron chi connectivity index (χ1n) is 12.6. The van der Waals surface area contributed by atoms with Crippen molar-refractivity contribution in [3.63, 3.8) is 0 Å². The minimum atomic E-state index is -4.02. The van der Waals surface area contributed by atoms with Gasteiger partial charge in [0.2, 0.25) is 9.84 Å². The van der Waals surface area contributed by atoms with Crippen molar-refractivity contribution >= 4 is 38.9 Å². The summed E-state index contributed by atoms with van der Waals surface area (Å²) in [6, 6.07) is 27.5. The fraction of sp³-hybridized carbons (Fsp3) is 0.161. The first kappa shape index (κ1) is 26.7. The Labute approximate surface area is 233 Å². The van der Waals surface area contributed by atoms with Crippen LogP contribution in [0.5, 0.6) is 0 Å². The van der Waals surface area contributed by atoms with Crippen LogP contribution in [0.2, 0.25) is 5.02 Å². The average molecular weight is 559 g/mol. The molecule has 5 rings (SSSR count). The van der Waals surface area contributed by atoms with Crippen molar-refractivity contribution in [2.24, 2.45) is 0 Å². The molecule has 0 saturated heterocycles. The highest BCUT2D eigenvalue weighted by atomic mass is 35.5. The lowest BCUT2D eigenvalue weighted by Gasteiger charge is -2.24. The van der Waals surface area contributed by atoms with Crippen LogP contribution in [-0.4, -0.2) is 26.3 Å². The van der Waals surface area contributed by atoms with Gasteiger partial charge < -0.3 is 10.2 Å². The lowest BCUT2D eigenvalue weighted by Crippen LogP contribution is -2.34. The van der Waals surface area contributed by atoms with E-state index in [0.717, 1.165) is 18.4 Å². The maximum atomic E-state index is 13.8.